The zero-order chi connectivity index (χ0) is 24.4. The lowest BCUT2D eigenvalue weighted by atomic mass is 10.2. The molecule has 4 heterocycles. The van der Waals surface area contributed by atoms with Gasteiger partial charge in [-0.15, -0.1) is 0 Å². The van der Waals surface area contributed by atoms with Crippen LogP contribution in [-0.2, 0) is 6.18 Å². The molecule has 0 spiro atoms. The predicted molar refractivity (Wildman–Crippen MR) is 113 cm³/mol. The number of hydrogen-bond acceptors (Lipinski definition) is 7. The number of hydrogen-bond donors (Lipinski definition) is 0. The van der Waals surface area contributed by atoms with Crippen molar-refractivity contribution >= 4 is 33.9 Å². The molecular weight excluding hydrogens is 480 g/mol. The lowest BCUT2D eigenvalue weighted by Gasteiger charge is -2.12. The normalized spacial score (nSPS) is 12.1. The van der Waals surface area contributed by atoms with E-state index in [9.17, 15) is 22.4 Å². The van der Waals surface area contributed by atoms with Gasteiger partial charge in [0.05, 0.1) is 17.6 Å². The molecule has 0 unspecified atom stereocenters. The molecule has 0 bridgehead atoms. The number of halogens is 5. The first-order valence-corrected chi connectivity index (χ1v) is 9.98. The second kappa shape index (κ2) is 7.55. The van der Waals surface area contributed by atoms with Gasteiger partial charge in [0.2, 0.25) is 5.43 Å². The first-order chi connectivity index (χ1) is 16.0. The standard InChI is InChI=1S/C21H11ClF4N6O2/c1-8-9(2)29-19-16(28-8)18(33)17(31-32(19)13-4-3-10(22)5-11(13)23)20-30-12-7-27-15(21(24,25)26)6-14(12)34-20/h3-7H,1-2H3. The van der Waals surface area contributed by atoms with Gasteiger partial charge in [-0.1, -0.05) is 11.6 Å². The summed E-state index contributed by atoms with van der Waals surface area (Å²) in [5.74, 6) is -1.14. The largest absolute Gasteiger partial charge is 0.434 e. The number of aryl methyl sites for hydroxylation is 2. The Morgan fingerprint density at radius 1 is 1.06 bits per heavy atom. The van der Waals surface area contributed by atoms with Gasteiger partial charge in [0.1, 0.15) is 22.7 Å². The van der Waals surface area contributed by atoms with E-state index in [1.165, 1.54) is 12.1 Å². The first kappa shape index (κ1) is 21.9. The van der Waals surface area contributed by atoms with E-state index in [0.29, 0.717) is 17.5 Å². The highest BCUT2D eigenvalue weighted by Crippen LogP contribution is 2.31. The Balaban J connectivity index is 1.82. The average Bonchev–Trinajstić information content (AvgIpc) is 3.18. The van der Waals surface area contributed by atoms with Crippen LogP contribution in [0.25, 0.3) is 39.5 Å². The van der Waals surface area contributed by atoms with Crippen LogP contribution in [0.3, 0.4) is 0 Å². The minimum absolute atomic E-state index is 0.0281. The molecule has 8 nitrogen and oxygen atoms in total. The number of benzene rings is 1. The van der Waals surface area contributed by atoms with E-state index in [1.807, 2.05) is 0 Å². The number of rotatable bonds is 2. The maximum absolute atomic E-state index is 14.8. The monoisotopic (exact) mass is 490 g/mol. The van der Waals surface area contributed by atoms with Crippen molar-refractivity contribution in [2.24, 2.45) is 0 Å². The smallest absolute Gasteiger partial charge is 0.433 e. The molecule has 0 atom stereocenters. The third-order valence-corrected chi connectivity index (χ3v) is 5.26. The van der Waals surface area contributed by atoms with Gasteiger partial charge in [-0.2, -0.15) is 18.3 Å². The second-order valence-corrected chi connectivity index (χ2v) is 7.74. The minimum Gasteiger partial charge on any atom is -0.434 e. The van der Waals surface area contributed by atoms with Crippen LogP contribution in [0.15, 0.2) is 39.7 Å². The van der Waals surface area contributed by atoms with Crippen LogP contribution < -0.4 is 5.43 Å². The Kier molecular flexibility index (Phi) is 4.86. The topological polar surface area (TPSA) is 99.6 Å². The van der Waals surface area contributed by atoms with Gasteiger partial charge in [-0.05, 0) is 32.0 Å². The van der Waals surface area contributed by atoms with Gasteiger partial charge in [-0.3, -0.25) is 4.79 Å². The molecule has 0 N–H and O–H groups in total. The summed E-state index contributed by atoms with van der Waals surface area (Å²) in [6, 6.07) is 4.47. The molecule has 172 valence electrons. The van der Waals surface area contributed by atoms with E-state index in [1.54, 1.807) is 13.8 Å². The Morgan fingerprint density at radius 3 is 2.50 bits per heavy atom. The van der Waals surface area contributed by atoms with Crippen molar-refractivity contribution in [3.05, 3.63) is 68.6 Å². The summed E-state index contributed by atoms with van der Waals surface area (Å²) in [6.45, 7) is 3.30. The maximum Gasteiger partial charge on any atom is 0.433 e. The summed E-state index contributed by atoms with van der Waals surface area (Å²) < 4.78 is 60.3. The Bertz CT molecular complexity index is 1680. The van der Waals surface area contributed by atoms with Gasteiger partial charge in [-0.25, -0.2) is 29.0 Å². The molecule has 13 heteroatoms. The summed E-state index contributed by atoms with van der Waals surface area (Å²) in [6.07, 6.45) is -3.83. The summed E-state index contributed by atoms with van der Waals surface area (Å²) in [5.41, 5.74) is -1.96. The third kappa shape index (κ3) is 3.55. The van der Waals surface area contributed by atoms with Crippen LogP contribution in [0.5, 0.6) is 0 Å². The zero-order valence-corrected chi connectivity index (χ0v) is 18.0. The van der Waals surface area contributed by atoms with Crippen LogP contribution >= 0.6 is 11.6 Å². The van der Waals surface area contributed by atoms with E-state index in [2.05, 4.69) is 25.0 Å². The fourth-order valence-corrected chi connectivity index (χ4v) is 3.40. The highest BCUT2D eigenvalue weighted by atomic mass is 35.5. The second-order valence-electron chi connectivity index (χ2n) is 7.31. The van der Waals surface area contributed by atoms with Gasteiger partial charge >= 0.3 is 6.18 Å². The molecule has 0 saturated carbocycles. The molecule has 34 heavy (non-hydrogen) atoms. The molecular formula is C21H11ClF4N6O2. The lowest BCUT2D eigenvalue weighted by molar-refractivity contribution is -0.141. The van der Waals surface area contributed by atoms with Crippen LogP contribution in [0, 0.1) is 19.7 Å². The molecule has 5 aromatic rings. The molecule has 0 radical (unpaired) electrons. The summed E-state index contributed by atoms with van der Waals surface area (Å²) in [4.78, 5) is 29.2. The fraction of sp³-hybridized carbons (Fsp3) is 0.143. The van der Waals surface area contributed by atoms with Crippen molar-refractivity contribution in [3.63, 3.8) is 0 Å². The molecule has 0 aliphatic carbocycles. The fourth-order valence-electron chi connectivity index (χ4n) is 3.25. The molecule has 5 rings (SSSR count). The molecule has 0 saturated heterocycles. The average molecular weight is 491 g/mol. The molecule has 1 aromatic carbocycles. The lowest BCUT2D eigenvalue weighted by Crippen LogP contribution is -2.19. The molecule has 0 aliphatic heterocycles. The van der Waals surface area contributed by atoms with E-state index < -0.39 is 28.8 Å². The number of pyridine rings is 1. The van der Waals surface area contributed by atoms with Crippen molar-refractivity contribution in [2.75, 3.05) is 0 Å². The maximum atomic E-state index is 14.8. The van der Waals surface area contributed by atoms with Gasteiger partial charge in [0.25, 0.3) is 5.89 Å². The molecule has 4 aromatic heterocycles. The highest BCUT2D eigenvalue weighted by molar-refractivity contribution is 6.30. The van der Waals surface area contributed by atoms with Crippen molar-refractivity contribution < 1.29 is 22.0 Å². The Hall–Kier alpha value is -3.93. The third-order valence-electron chi connectivity index (χ3n) is 5.03. The Morgan fingerprint density at radius 2 is 1.79 bits per heavy atom. The van der Waals surface area contributed by atoms with Crippen molar-refractivity contribution in [2.45, 2.75) is 20.0 Å². The van der Waals surface area contributed by atoms with Crippen LogP contribution in [0.1, 0.15) is 17.1 Å². The van der Waals surface area contributed by atoms with Crippen molar-refractivity contribution in [3.8, 4) is 17.3 Å². The molecule has 0 fully saturated rings. The number of fused-ring (bicyclic) bond motifs is 2. The van der Waals surface area contributed by atoms with Gasteiger partial charge < -0.3 is 4.42 Å². The van der Waals surface area contributed by atoms with Gasteiger partial charge in [0.15, 0.2) is 22.4 Å². The van der Waals surface area contributed by atoms with Crippen molar-refractivity contribution in [1.29, 1.82) is 0 Å². The minimum atomic E-state index is -4.70. The van der Waals surface area contributed by atoms with Crippen LogP contribution in [0.4, 0.5) is 17.6 Å². The quantitative estimate of drug-likeness (QED) is 0.327. The number of aromatic nitrogens is 6. The number of nitrogens with zero attached hydrogens (tertiary/aromatic N) is 6. The van der Waals surface area contributed by atoms with E-state index in [-0.39, 0.29) is 38.9 Å². The van der Waals surface area contributed by atoms with Crippen LogP contribution in [-0.4, -0.2) is 29.7 Å². The molecule has 0 aliphatic rings. The zero-order valence-electron chi connectivity index (χ0n) is 17.3. The molecule has 0 amide bonds. The van der Waals surface area contributed by atoms with E-state index in [0.717, 1.165) is 16.9 Å². The van der Waals surface area contributed by atoms with E-state index >= 15 is 0 Å². The predicted octanol–water partition coefficient (Wildman–Crippen LogP) is 4.81. The Labute approximate surface area is 191 Å². The van der Waals surface area contributed by atoms with E-state index in [4.69, 9.17) is 16.0 Å². The SMILES string of the molecule is Cc1nc2c(=O)c(-c3nc4cnc(C(F)(F)F)cc4o3)nn(-c3ccc(Cl)cc3F)c2nc1C. The summed E-state index contributed by atoms with van der Waals surface area (Å²) >= 11 is 5.85. The summed E-state index contributed by atoms with van der Waals surface area (Å²) in [5, 5.41) is 4.32. The number of alkyl halides is 3. The number of oxazole rings is 1. The highest BCUT2D eigenvalue weighted by Gasteiger charge is 2.33. The van der Waals surface area contributed by atoms with Gasteiger partial charge in [0, 0.05) is 11.1 Å². The van der Waals surface area contributed by atoms with Crippen molar-refractivity contribution in [1.82, 2.24) is 29.7 Å². The summed E-state index contributed by atoms with van der Waals surface area (Å²) in [7, 11) is 0. The van der Waals surface area contributed by atoms with Crippen LogP contribution in [0.2, 0.25) is 5.02 Å². The first-order valence-electron chi connectivity index (χ1n) is 9.61.